The molecule has 2 rings (SSSR count). The van der Waals surface area contributed by atoms with Gasteiger partial charge >= 0.3 is 0 Å². The average Bonchev–Trinajstić information content (AvgIpc) is 2.68. The first kappa shape index (κ1) is 13.1. The molecule has 2 aromatic rings. The topological polar surface area (TPSA) is 29.9 Å². The van der Waals surface area contributed by atoms with Crippen LogP contribution in [0, 0.1) is 6.92 Å². The van der Waals surface area contributed by atoms with Gasteiger partial charge in [0.15, 0.2) is 0 Å². The zero-order valence-electron chi connectivity index (χ0n) is 12.0. The van der Waals surface area contributed by atoms with E-state index in [9.17, 15) is 0 Å². The highest BCUT2D eigenvalue weighted by atomic mass is 15.1. The number of hydrogen-bond donors (Lipinski definition) is 1. The van der Waals surface area contributed by atoms with Crippen LogP contribution in [0.3, 0.4) is 0 Å². The Morgan fingerprint density at radius 2 is 2.06 bits per heavy atom. The lowest BCUT2D eigenvalue weighted by Gasteiger charge is -2.24. The van der Waals surface area contributed by atoms with Crippen molar-refractivity contribution in [3.05, 3.63) is 29.6 Å². The minimum absolute atomic E-state index is 0.109. The second kappa shape index (κ2) is 4.73. The normalized spacial score (nSPS) is 12.3. The van der Waals surface area contributed by atoms with Crippen molar-refractivity contribution in [2.45, 2.75) is 46.2 Å². The molecule has 98 valence electrons. The highest BCUT2D eigenvalue weighted by Gasteiger charge is 2.25. The molecule has 1 heterocycles. The van der Waals surface area contributed by atoms with Crippen molar-refractivity contribution in [1.29, 1.82) is 0 Å². The number of nitrogens with one attached hydrogen (secondary N) is 1. The van der Waals surface area contributed by atoms with E-state index in [2.05, 4.69) is 55.8 Å². The van der Waals surface area contributed by atoms with Crippen LogP contribution in [-0.4, -0.2) is 16.6 Å². The number of fused-ring (bicyclic) bond motifs is 1. The molecule has 1 aromatic heterocycles. The maximum Gasteiger partial charge on any atom is 0.129 e. The van der Waals surface area contributed by atoms with E-state index in [0.717, 1.165) is 24.3 Å². The molecule has 0 aliphatic heterocycles. The van der Waals surface area contributed by atoms with Gasteiger partial charge in [-0.15, -0.1) is 0 Å². The fraction of sp³-hybridized carbons (Fsp3) is 0.533. The Kier molecular flexibility index (Phi) is 3.44. The molecule has 0 radical (unpaired) electrons. The molecule has 0 atom stereocenters. The molecular weight excluding hydrogens is 222 g/mol. The van der Waals surface area contributed by atoms with Crippen LogP contribution in [0.1, 0.15) is 38.6 Å². The van der Waals surface area contributed by atoms with E-state index in [1.165, 1.54) is 11.1 Å². The standard InChI is InChI=1S/C15H23N3/c1-6-9-18-13-8-7-11(2)10-12(13)17-14(18)15(3,4)16-5/h7-8,10,16H,6,9H2,1-5H3. The van der Waals surface area contributed by atoms with Gasteiger partial charge in [-0.3, -0.25) is 0 Å². The summed E-state index contributed by atoms with van der Waals surface area (Å²) >= 11 is 0. The molecule has 0 bridgehead atoms. The fourth-order valence-electron chi connectivity index (χ4n) is 2.28. The summed E-state index contributed by atoms with van der Waals surface area (Å²) < 4.78 is 2.34. The van der Waals surface area contributed by atoms with Gasteiger partial charge in [0, 0.05) is 6.54 Å². The highest BCUT2D eigenvalue weighted by Crippen LogP contribution is 2.25. The van der Waals surface area contributed by atoms with Crippen molar-refractivity contribution < 1.29 is 0 Å². The van der Waals surface area contributed by atoms with E-state index < -0.39 is 0 Å². The van der Waals surface area contributed by atoms with Gasteiger partial charge in [-0.1, -0.05) is 13.0 Å². The van der Waals surface area contributed by atoms with E-state index >= 15 is 0 Å². The summed E-state index contributed by atoms with van der Waals surface area (Å²) in [4.78, 5) is 4.84. The van der Waals surface area contributed by atoms with Crippen LogP contribution < -0.4 is 5.32 Å². The third-order valence-electron chi connectivity index (χ3n) is 3.53. The molecule has 0 aliphatic rings. The van der Waals surface area contributed by atoms with Crippen molar-refractivity contribution in [3.8, 4) is 0 Å². The zero-order chi connectivity index (χ0) is 13.3. The van der Waals surface area contributed by atoms with Gasteiger partial charge in [0.25, 0.3) is 0 Å². The number of aromatic nitrogens is 2. The Morgan fingerprint density at radius 3 is 2.67 bits per heavy atom. The van der Waals surface area contributed by atoms with Gasteiger partial charge in [-0.2, -0.15) is 0 Å². The van der Waals surface area contributed by atoms with Gasteiger partial charge < -0.3 is 9.88 Å². The van der Waals surface area contributed by atoms with E-state index in [1.54, 1.807) is 0 Å². The highest BCUT2D eigenvalue weighted by molar-refractivity contribution is 5.77. The van der Waals surface area contributed by atoms with Crippen LogP contribution in [0.4, 0.5) is 0 Å². The second-order valence-electron chi connectivity index (χ2n) is 5.45. The van der Waals surface area contributed by atoms with Gasteiger partial charge in [0.1, 0.15) is 5.82 Å². The third-order valence-corrected chi connectivity index (χ3v) is 3.53. The Hall–Kier alpha value is -1.35. The second-order valence-corrected chi connectivity index (χ2v) is 5.45. The van der Waals surface area contributed by atoms with Crippen molar-refractivity contribution in [3.63, 3.8) is 0 Å². The summed E-state index contributed by atoms with van der Waals surface area (Å²) in [7, 11) is 1.99. The first-order valence-corrected chi connectivity index (χ1v) is 6.66. The molecule has 1 aromatic carbocycles. The maximum absolute atomic E-state index is 4.84. The summed E-state index contributed by atoms with van der Waals surface area (Å²) in [5.74, 6) is 1.12. The Balaban J connectivity index is 2.68. The van der Waals surface area contributed by atoms with Crippen LogP contribution in [0.25, 0.3) is 11.0 Å². The summed E-state index contributed by atoms with van der Waals surface area (Å²) in [5, 5.41) is 3.35. The third kappa shape index (κ3) is 2.15. The number of nitrogens with zero attached hydrogens (tertiary/aromatic N) is 2. The molecule has 18 heavy (non-hydrogen) atoms. The van der Waals surface area contributed by atoms with Crippen LogP contribution in [-0.2, 0) is 12.1 Å². The van der Waals surface area contributed by atoms with Crippen LogP contribution in [0.5, 0.6) is 0 Å². The first-order chi connectivity index (χ1) is 8.49. The fourth-order valence-corrected chi connectivity index (χ4v) is 2.28. The zero-order valence-corrected chi connectivity index (χ0v) is 12.0. The molecule has 0 fully saturated rings. The maximum atomic E-state index is 4.84. The number of rotatable bonds is 4. The average molecular weight is 245 g/mol. The van der Waals surface area contributed by atoms with Crippen LogP contribution >= 0.6 is 0 Å². The molecule has 3 heteroatoms. The minimum Gasteiger partial charge on any atom is -0.326 e. The van der Waals surface area contributed by atoms with Gasteiger partial charge in [-0.25, -0.2) is 4.98 Å². The Morgan fingerprint density at radius 1 is 1.33 bits per heavy atom. The molecular formula is C15H23N3. The molecule has 1 N–H and O–H groups in total. The van der Waals surface area contributed by atoms with E-state index in [0.29, 0.717) is 0 Å². The first-order valence-electron chi connectivity index (χ1n) is 6.66. The number of aryl methyl sites for hydroxylation is 2. The SMILES string of the molecule is CCCn1c(C(C)(C)NC)nc2cc(C)ccc21. The van der Waals surface area contributed by atoms with Crippen molar-refractivity contribution >= 4 is 11.0 Å². The quantitative estimate of drug-likeness (QED) is 0.896. The van der Waals surface area contributed by atoms with Gasteiger partial charge in [0.05, 0.1) is 16.6 Å². The number of imidazole rings is 1. The predicted molar refractivity (Wildman–Crippen MR) is 76.8 cm³/mol. The van der Waals surface area contributed by atoms with Gasteiger partial charge in [0.2, 0.25) is 0 Å². The molecule has 0 unspecified atom stereocenters. The molecule has 3 nitrogen and oxygen atoms in total. The van der Waals surface area contributed by atoms with Crippen molar-refractivity contribution in [2.75, 3.05) is 7.05 Å². The summed E-state index contributed by atoms with van der Waals surface area (Å²) in [5.41, 5.74) is 3.49. The molecule has 0 saturated heterocycles. The van der Waals surface area contributed by atoms with Crippen molar-refractivity contribution in [2.24, 2.45) is 0 Å². The monoisotopic (exact) mass is 245 g/mol. The summed E-state index contributed by atoms with van der Waals surface area (Å²) in [6.45, 7) is 9.68. The van der Waals surface area contributed by atoms with Gasteiger partial charge in [-0.05, 0) is 51.9 Å². The Bertz CT molecular complexity index is 552. The lowest BCUT2D eigenvalue weighted by Crippen LogP contribution is -2.36. The molecule has 0 saturated carbocycles. The van der Waals surface area contributed by atoms with Crippen LogP contribution in [0.2, 0.25) is 0 Å². The van der Waals surface area contributed by atoms with E-state index in [-0.39, 0.29) is 5.54 Å². The van der Waals surface area contributed by atoms with E-state index in [4.69, 9.17) is 4.98 Å². The Labute approximate surface area is 109 Å². The lowest BCUT2D eigenvalue weighted by molar-refractivity contribution is 0.397. The number of benzene rings is 1. The van der Waals surface area contributed by atoms with Crippen LogP contribution in [0.15, 0.2) is 18.2 Å². The summed E-state index contributed by atoms with van der Waals surface area (Å²) in [6, 6.07) is 6.51. The van der Waals surface area contributed by atoms with E-state index in [1.807, 2.05) is 7.05 Å². The summed E-state index contributed by atoms with van der Waals surface area (Å²) in [6.07, 6.45) is 1.12. The lowest BCUT2D eigenvalue weighted by atomic mass is 10.1. The van der Waals surface area contributed by atoms with Crippen molar-refractivity contribution in [1.82, 2.24) is 14.9 Å². The molecule has 0 spiro atoms. The predicted octanol–water partition coefficient (Wildman–Crippen LogP) is 3.21. The minimum atomic E-state index is -0.109. The number of hydrogen-bond acceptors (Lipinski definition) is 2. The largest absolute Gasteiger partial charge is 0.326 e. The molecule has 0 aliphatic carbocycles. The smallest absolute Gasteiger partial charge is 0.129 e. The molecule has 0 amide bonds.